The first-order valence-electron chi connectivity index (χ1n) is 7.71. The summed E-state index contributed by atoms with van der Waals surface area (Å²) in [5.74, 6) is 0.852. The van der Waals surface area contributed by atoms with E-state index in [-0.39, 0.29) is 11.7 Å². The molecule has 4 N–H and O–H groups in total. The van der Waals surface area contributed by atoms with Gasteiger partial charge in [0.1, 0.15) is 11.5 Å². The molecule has 0 bridgehead atoms. The molecule has 2 aromatic rings. The van der Waals surface area contributed by atoms with Crippen LogP contribution in [0.2, 0.25) is 0 Å². The van der Waals surface area contributed by atoms with Gasteiger partial charge in [-0.15, -0.1) is 0 Å². The Kier molecular flexibility index (Phi) is 6.29. The van der Waals surface area contributed by atoms with Gasteiger partial charge in [0.15, 0.2) is 0 Å². The molecule has 2 rings (SSSR count). The summed E-state index contributed by atoms with van der Waals surface area (Å²) in [6.45, 7) is 1.28. The van der Waals surface area contributed by atoms with Gasteiger partial charge in [0, 0.05) is 17.8 Å². The number of carbonyl (C=O) groups excluding carboxylic acids is 1. The molecule has 0 aliphatic heterocycles. The summed E-state index contributed by atoms with van der Waals surface area (Å²) in [5, 5.41) is 12.0. The molecule has 1 amide bonds. The maximum atomic E-state index is 11.8. The third kappa shape index (κ3) is 5.90. The van der Waals surface area contributed by atoms with Crippen LogP contribution in [-0.2, 0) is 0 Å². The number of hydrogen-bond acceptors (Lipinski definition) is 4. The fourth-order valence-corrected chi connectivity index (χ4v) is 2.07. The predicted octanol–water partition coefficient (Wildman–Crippen LogP) is 2.95. The number of unbranched alkanes of at least 4 members (excludes halogenated alkanes) is 2. The summed E-state index contributed by atoms with van der Waals surface area (Å²) < 4.78 is 5.60. The summed E-state index contributed by atoms with van der Waals surface area (Å²) in [7, 11) is 0. The Morgan fingerprint density at radius 1 is 1.00 bits per heavy atom. The van der Waals surface area contributed by atoms with Gasteiger partial charge in [-0.25, -0.2) is 0 Å². The maximum Gasteiger partial charge on any atom is 0.251 e. The van der Waals surface area contributed by atoms with Gasteiger partial charge in [0.2, 0.25) is 0 Å². The molecule has 5 heteroatoms. The summed E-state index contributed by atoms with van der Waals surface area (Å²) in [4.78, 5) is 11.8. The first-order valence-corrected chi connectivity index (χ1v) is 7.71. The van der Waals surface area contributed by atoms with Crippen molar-refractivity contribution in [3.8, 4) is 11.5 Å². The molecular weight excluding hydrogens is 292 g/mol. The van der Waals surface area contributed by atoms with E-state index in [1.807, 2.05) is 24.3 Å². The lowest BCUT2D eigenvalue weighted by Crippen LogP contribution is -2.24. The molecular formula is C18H22N2O3. The number of nitrogens with two attached hydrogens (primary N) is 1. The van der Waals surface area contributed by atoms with Crippen LogP contribution in [0.4, 0.5) is 5.69 Å². The van der Waals surface area contributed by atoms with Crippen LogP contribution in [0.15, 0.2) is 48.5 Å². The first-order chi connectivity index (χ1) is 11.1. The molecule has 0 radical (unpaired) electrons. The molecule has 0 saturated carbocycles. The summed E-state index contributed by atoms with van der Waals surface area (Å²) in [5.41, 5.74) is 6.88. The van der Waals surface area contributed by atoms with Gasteiger partial charge < -0.3 is 20.9 Å². The highest BCUT2D eigenvalue weighted by Gasteiger charge is 2.04. The standard InChI is InChI=1S/C18H22N2O3/c19-15-6-10-17(11-7-15)23-13-3-1-2-12-20-18(22)14-4-8-16(21)9-5-14/h4-11,21H,1-3,12-13,19H2,(H,20,22). The molecule has 0 aliphatic carbocycles. The Bertz CT molecular complexity index is 609. The normalized spacial score (nSPS) is 10.3. The van der Waals surface area contributed by atoms with Crippen molar-refractivity contribution in [2.75, 3.05) is 18.9 Å². The van der Waals surface area contributed by atoms with Gasteiger partial charge in [-0.1, -0.05) is 0 Å². The van der Waals surface area contributed by atoms with Crippen molar-refractivity contribution >= 4 is 11.6 Å². The fourth-order valence-electron chi connectivity index (χ4n) is 2.07. The summed E-state index contributed by atoms with van der Waals surface area (Å²) in [6, 6.07) is 13.5. The predicted molar refractivity (Wildman–Crippen MR) is 90.6 cm³/mol. The van der Waals surface area contributed by atoms with Crippen molar-refractivity contribution in [2.45, 2.75) is 19.3 Å². The van der Waals surface area contributed by atoms with Gasteiger partial charge in [0.05, 0.1) is 6.61 Å². The van der Waals surface area contributed by atoms with Crippen LogP contribution >= 0.6 is 0 Å². The van der Waals surface area contributed by atoms with Crippen molar-refractivity contribution in [1.82, 2.24) is 5.32 Å². The zero-order valence-corrected chi connectivity index (χ0v) is 13.0. The first kappa shape index (κ1) is 16.7. The molecule has 0 aliphatic rings. The minimum absolute atomic E-state index is 0.122. The maximum absolute atomic E-state index is 11.8. The van der Waals surface area contributed by atoms with Crippen molar-refractivity contribution in [1.29, 1.82) is 0 Å². The van der Waals surface area contributed by atoms with Crippen molar-refractivity contribution in [2.24, 2.45) is 0 Å². The van der Waals surface area contributed by atoms with Crippen LogP contribution in [0.5, 0.6) is 11.5 Å². The number of carbonyl (C=O) groups is 1. The third-order valence-corrected chi connectivity index (χ3v) is 3.38. The highest BCUT2D eigenvalue weighted by molar-refractivity contribution is 5.94. The fraction of sp³-hybridized carbons (Fsp3) is 0.278. The zero-order chi connectivity index (χ0) is 16.5. The Labute approximate surface area is 136 Å². The molecule has 5 nitrogen and oxygen atoms in total. The van der Waals surface area contributed by atoms with Crippen LogP contribution in [0.3, 0.4) is 0 Å². The molecule has 0 atom stereocenters. The molecule has 122 valence electrons. The number of aromatic hydroxyl groups is 1. The summed E-state index contributed by atoms with van der Waals surface area (Å²) in [6.07, 6.45) is 2.80. The molecule has 23 heavy (non-hydrogen) atoms. The quantitative estimate of drug-likeness (QED) is 0.516. The van der Waals surface area contributed by atoms with E-state index in [9.17, 15) is 9.90 Å². The third-order valence-electron chi connectivity index (χ3n) is 3.38. The number of rotatable bonds is 8. The van der Waals surface area contributed by atoms with Crippen LogP contribution in [0, 0.1) is 0 Å². The van der Waals surface area contributed by atoms with Crippen LogP contribution in [-0.4, -0.2) is 24.2 Å². The van der Waals surface area contributed by atoms with E-state index in [0.29, 0.717) is 18.7 Å². The number of phenolic OH excluding ortho intramolecular Hbond substituents is 1. The number of hydrogen-bond donors (Lipinski definition) is 3. The molecule has 0 heterocycles. The second kappa shape index (κ2) is 8.68. The Hall–Kier alpha value is -2.69. The average molecular weight is 314 g/mol. The van der Waals surface area contributed by atoms with E-state index in [2.05, 4.69) is 5.32 Å². The van der Waals surface area contributed by atoms with E-state index in [1.54, 1.807) is 12.1 Å². The van der Waals surface area contributed by atoms with Crippen molar-refractivity contribution in [3.63, 3.8) is 0 Å². The SMILES string of the molecule is Nc1ccc(OCCCCCNC(=O)c2ccc(O)cc2)cc1. The monoisotopic (exact) mass is 314 g/mol. The van der Waals surface area contributed by atoms with E-state index in [1.165, 1.54) is 12.1 Å². The highest BCUT2D eigenvalue weighted by atomic mass is 16.5. The largest absolute Gasteiger partial charge is 0.508 e. The Morgan fingerprint density at radius 3 is 2.39 bits per heavy atom. The van der Waals surface area contributed by atoms with Crippen LogP contribution < -0.4 is 15.8 Å². The second-order valence-corrected chi connectivity index (χ2v) is 5.28. The second-order valence-electron chi connectivity index (χ2n) is 5.28. The molecule has 2 aromatic carbocycles. The van der Waals surface area contributed by atoms with E-state index < -0.39 is 0 Å². The van der Waals surface area contributed by atoms with Gasteiger partial charge >= 0.3 is 0 Å². The number of amides is 1. The number of nitrogen functional groups attached to an aromatic ring is 1. The highest BCUT2D eigenvalue weighted by Crippen LogP contribution is 2.13. The van der Waals surface area contributed by atoms with Crippen molar-refractivity contribution in [3.05, 3.63) is 54.1 Å². The topological polar surface area (TPSA) is 84.6 Å². The van der Waals surface area contributed by atoms with E-state index in [4.69, 9.17) is 10.5 Å². The van der Waals surface area contributed by atoms with Gasteiger partial charge in [-0.05, 0) is 67.8 Å². The van der Waals surface area contributed by atoms with Crippen molar-refractivity contribution < 1.29 is 14.6 Å². The zero-order valence-electron chi connectivity index (χ0n) is 13.0. The number of ether oxygens (including phenoxy) is 1. The van der Waals surface area contributed by atoms with Crippen LogP contribution in [0.1, 0.15) is 29.6 Å². The number of phenols is 1. The Balaban J connectivity index is 1.54. The van der Waals surface area contributed by atoms with Gasteiger partial charge in [-0.3, -0.25) is 4.79 Å². The smallest absolute Gasteiger partial charge is 0.251 e. The molecule has 0 aromatic heterocycles. The van der Waals surface area contributed by atoms with E-state index >= 15 is 0 Å². The minimum Gasteiger partial charge on any atom is -0.508 e. The average Bonchev–Trinajstić information content (AvgIpc) is 2.56. The number of benzene rings is 2. The molecule has 0 spiro atoms. The number of anilines is 1. The van der Waals surface area contributed by atoms with Gasteiger partial charge in [-0.2, -0.15) is 0 Å². The summed E-state index contributed by atoms with van der Waals surface area (Å²) >= 11 is 0. The molecule has 0 unspecified atom stereocenters. The molecule has 0 fully saturated rings. The van der Waals surface area contributed by atoms with Gasteiger partial charge in [0.25, 0.3) is 5.91 Å². The number of nitrogens with one attached hydrogen (secondary N) is 1. The van der Waals surface area contributed by atoms with Crippen LogP contribution in [0.25, 0.3) is 0 Å². The molecule has 0 saturated heterocycles. The Morgan fingerprint density at radius 2 is 1.70 bits per heavy atom. The lowest BCUT2D eigenvalue weighted by atomic mass is 10.2. The lowest BCUT2D eigenvalue weighted by molar-refractivity contribution is 0.0953. The minimum atomic E-state index is -0.122. The lowest BCUT2D eigenvalue weighted by Gasteiger charge is -2.07. The van der Waals surface area contributed by atoms with E-state index in [0.717, 1.165) is 30.7 Å².